The highest BCUT2D eigenvalue weighted by atomic mass is 16.2. The van der Waals surface area contributed by atoms with Crippen molar-refractivity contribution >= 4 is 11.6 Å². The van der Waals surface area contributed by atoms with E-state index in [9.17, 15) is 4.79 Å². The average Bonchev–Trinajstić information content (AvgIpc) is 2.93. The quantitative estimate of drug-likeness (QED) is 0.640. The van der Waals surface area contributed by atoms with Crippen molar-refractivity contribution in [3.8, 4) is 0 Å². The number of anilines is 1. The number of para-hydroxylation sites is 1. The van der Waals surface area contributed by atoms with Crippen LogP contribution >= 0.6 is 0 Å². The van der Waals surface area contributed by atoms with Crippen LogP contribution in [-0.2, 0) is 11.2 Å². The summed E-state index contributed by atoms with van der Waals surface area (Å²) in [6.07, 6.45) is 9.82. The van der Waals surface area contributed by atoms with E-state index in [1.807, 2.05) is 0 Å². The predicted octanol–water partition coefficient (Wildman–Crippen LogP) is 5.28. The van der Waals surface area contributed by atoms with E-state index < -0.39 is 0 Å². The minimum absolute atomic E-state index is 0.306. The zero-order chi connectivity index (χ0) is 19.7. The van der Waals surface area contributed by atoms with Crippen LogP contribution in [0.5, 0.6) is 0 Å². The van der Waals surface area contributed by atoms with Crippen LogP contribution < -0.4 is 4.90 Å². The Morgan fingerprint density at radius 2 is 1.68 bits per heavy atom. The highest BCUT2D eigenvalue weighted by Gasteiger charge is 2.42. The van der Waals surface area contributed by atoms with Crippen molar-refractivity contribution in [1.82, 2.24) is 4.90 Å². The van der Waals surface area contributed by atoms with Gasteiger partial charge in [-0.25, -0.2) is 0 Å². The van der Waals surface area contributed by atoms with Gasteiger partial charge >= 0.3 is 0 Å². The number of hydrogen-bond donors (Lipinski definition) is 0. The van der Waals surface area contributed by atoms with Gasteiger partial charge in [-0.2, -0.15) is 0 Å². The number of carbonyl (C=O) groups is 1. The van der Waals surface area contributed by atoms with E-state index in [2.05, 4.69) is 54.8 Å². The van der Waals surface area contributed by atoms with Gasteiger partial charge < -0.3 is 4.90 Å². The van der Waals surface area contributed by atoms with E-state index in [4.69, 9.17) is 0 Å². The minimum Gasteiger partial charge on any atom is -0.312 e. The Labute approximate surface area is 171 Å². The Morgan fingerprint density at radius 3 is 2.36 bits per heavy atom. The maximum atomic E-state index is 12.6. The molecule has 154 valence electrons. The topological polar surface area (TPSA) is 23.6 Å². The number of rotatable bonds is 7. The van der Waals surface area contributed by atoms with Crippen molar-refractivity contribution in [2.45, 2.75) is 84.2 Å². The molecule has 3 aliphatic rings. The second-order valence-corrected chi connectivity index (χ2v) is 9.63. The summed E-state index contributed by atoms with van der Waals surface area (Å²) in [6, 6.07) is 10.1. The molecule has 0 saturated carbocycles. The maximum absolute atomic E-state index is 12.6. The van der Waals surface area contributed by atoms with Gasteiger partial charge in [0, 0.05) is 37.3 Å². The fraction of sp³-hybridized carbons (Fsp3) is 0.720. The molecule has 1 aromatic carbocycles. The summed E-state index contributed by atoms with van der Waals surface area (Å²) in [7, 11) is 0. The molecule has 0 N–H and O–H groups in total. The number of piperidine rings is 1. The predicted molar refractivity (Wildman–Crippen MR) is 117 cm³/mol. The molecule has 0 aliphatic carbocycles. The molecule has 3 heteroatoms. The third kappa shape index (κ3) is 3.87. The van der Waals surface area contributed by atoms with Crippen molar-refractivity contribution in [2.75, 3.05) is 18.0 Å². The molecule has 1 aromatic rings. The molecule has 28 heavy (non-hydrogen) atoms. The van der Waals surface area contributed by atoms with Gasteiger partial charge in [0.05, 0.1) is 0 Å². The third-order valence-corrected chi connectivity index (χ3v) is 7.84. The zero-order valence-electron chi connectivity index (χ0n) is 18.1. The van der Waals surface area contributed by atoms with Gasteiger partial charge in [-0.1, -0.05) is 51.8 Å². The molecule has 2 fully saturated rings. The summed E-state index contributed by atoms with van der Waals surface area (Å²) < 4.78 is 0. The van der Waals surface area contributed by atoms with Gasteiger partial charge in [-0.15, -0.1) is 0 Å². The lowest BCUT2D eigenvalue weighted by Gasteiger charge is -2.43. The standard InChI is InChI=1S/C25H38N2O/c1-4-19(5-2)21-14-22-11-12-23(15-21)26(22)16-18(3)17-27-24-9-7-6-8-20(24)10-13-25(27)28/h6-9,18-19,21-23H,4-5,10-17H2,1-3H3. The van der Waals surface area contributed by atoms with Crippen LogP contribution in [0.4, 0.5) is 5.69 Å². The van der Waals surface area contributed by atoms with E-state index in [1.54, 1.807) is 0 Å². The van der Waals surface area contributed by atoms with Crippen LogP contribution in [0.25, 0.3) is 0 Å². The number of fused-ring (bicyclic) bond motifs is 3. The summed E-state index contributed by atoms with van der Waals surface area (Å²) in [5, 5.41) is 0. The lowest BCUT2D eigenvalue weighted by Crippen LogP contribution is -2.48. The number of carbonyl (C=O) groups excluding carboxylic acids is 1. The number of aryl methyl sites for hydroxylation is 1. The van der Waals surface area contributed by atoms with Gasteiger partial charge in [-0.05, 0) is 61.5 Å². The van der Waals surface area contributed by atoms with Crippen molar-refractivity contribution in [3.63, 3.8) is 0 Å². The molecule has 0 radical (unpaired) electrons. The molecule has 3 aliphatic heterocycles. The Kier molecular flexibility index (Phi) is 6.10. The Balaban J connectivity index is 1.39. The average molecular weight is 383 g/mol. The van der Waals surface area contributed by atoms with Gasteiger partial charge in [0.15, 0.2) is 0 Å². The second-order valence-electron chi connectivity index (χ2n) is 9.63. The first-order valence-electron chi connectivity index (χ1n) is 11.7. The number of benzene rings is 1. The molecule has 0 spiro atoms. The third-order valence-electron chi connectivity index (χ3n) is 7.84. The fourth-order valence-corrected chi connectivity index (χ4v) is 6.38. The molecule has 3 unspecified atom stereocenters. The highest BCUT2D eigenvalue weighted by molar-refractivity contribution is 5.96. The minimum atomic E-state index is 0.306. The van der Waals surface area contributed by atoms with Crippen LogP contribution in [0.2, 0.25) is 0 Å². The summed E-state index contributed by atoms with van der Waals surface area (Å²) >= 11 is 0. The summed E-state index contributed by atoms with van der Waals surface area (Å²) in [6.45, 7) is 9.10. The van der Waals surface area contributed by atoms with Gasteiger partial charge in [0.2, 0.25) is 5.91 Å². The zero-order valence-corrected chi connectivity index (χ0v) is 18.1. The lowest BCUT2D eigenvalue weighted by molar-refractivity contribution is -0.119. The molecule has 0 aromatic heterocycles. The Bertz CT molecular complexity index is 669. The maximum Gasteiger partial charge on any atom is 0.227 e. The number of amides is 1. The fourth-order valence-electron chi connectivity index (χ4n) is 6.38. The summed E-state index contributed by atoms with van der Waals surface area (Å²) in [4.78, 5) is 17.5. The van der Waals surface area contributed by atoms with E-state index in [0.29, 0.717) is 18.2 Å². The molecule has 3 heterocycles. The SMILES string of the molecule is CCC(CC)C1CC2CCC(C1)N2CC(C)CN1C(=O)CCc2ccccc21. The van der Waals surface area contributed by atoms with Gasteiger partial charge in [0.1, 0.15) is 0 Å². The van der Waals surface area contributed by atoms with E-state index in [-0.39, 0.29) is 0 Å². The molecule has 3 nitrogen and oxygen atoms in total. The summed E-state index contributed by atoms with van der Waals surface area (Å²) in [5.74, 6) is 2.68. The Morgan fingerprint density at radius 1 is 1.00 bits per heavy atom. The second kappa shape index (κ2) is 8.57. The molecule has 4 rings (SSSR count). The smallest absolute Gasteiger partial charge is 0.227 e. The van der Waals surface area contributed by atoms with Crippen LogP contribution in [0.3, 0.4) is 0 Å². The van der Waals surface area contributed by atoms with Crippen molar-refractivity contribution in [3.05, 3.63) is 29.8 Å². The van der Waals surface area contributed by atoms with Crippen LogP contribution in [0.15, 0.2) is 24.3 Å². The lowest BCUT2D eigenvalue weighted by atomic mass is 9.78. The van der Waals surface area contributed by atoms with Crippen molar-refractivity contribution < 1.29 is 4.79 Å². The van der Waals surface area contributed by atoms with Crippen LogP contribution in [0.1, 0.15) is 71.3 Å². The van der Waals surface area contributed by atoms with E-state index in [1.165, 1.54) is 44.1 Å². The molecular weight excluding hydrogens is 344 g/mol. The monoisotopic (exact) mass is 382 g/mol. The number of nitrogens with zero attached hydrogens (tertiary/aromatic N) is 2. The summed E-state index contributed by atoms with van der Waals surface area (Å²) in [5.41, 5.74) is 2.49. The van der Waals surface area contributed by atoms with Crippen LogP contribution in [0, 0.1) is 17.8 Å². The first-order valence-corrected chi connectivity index (χ1v) is 11.7. The largest absolute Gasteiger partial charge is 0.312 e. The van der Waals surface area contributed by atoms with Gasteiger partial charge in [-0.3, -0.25) is 9.69 Å². The molecule has 1 amide bonds. The molecule has 2 bridgehead atoms. The van der Waals surface area contributed by atoms with Crippen molar-refractivity contribution in [1.29, 1.82) is 0 Å². The van der Waals surface area contributed by atoms with E-state index >= 15 is 0 Å². The van der Waals surface area contributed by atoms with E-state index in [0.717, 1.165) is 49.1 Å². The number of hydrogen-bond acceptors (Lipinski definition) is 2. The first-order chi connectivity index (χ1) is 13.6. The molecule has 3 atom stereocenters. The highest BCUT2D eigenvalue weighted by Crippen LogP contribution is 2.43. The van der Waals surface area contributed by atoms with Gasteiger partial charge in [0.25, 0.3) is 0 Å². The molecular formula is C25H38N2O. The first kappa shape index (κ1) is 19.9. The normalized spacial score (nSPS) is 28.6. The van der Waals surface area contributed by atoms with Crippen LogP contribution in [-0.4, -0.2) is 36.0 Å². The molecule has 2 saturated heterocycles. The Hall–Kier alpha value is -1.35. The van der Waals surface area contributed by atoms with Crippen molar-refractivity contribution in [2.24, 2.45) is 17.8 Å².